The van der Waals surface area contributed by atoms with Crippen LogP contribution in [0.15, 0.2) is 35.7 Å². The highest BCUT2D eigenvalue weighted by atomic mass is 32.1. The van der Waals surface area contributed by atoms with Crippen LogP contribution >= 0.6 is 22.7 Å². The molecule has 0 atom stereocenters. The Hall–Kier alpha value is -1.72. The van der Waals surface area contributed by atoms with Gasteiger partial charge >= 0.3 is 0 Å². The smallest absolute Gasteiger partial charge is 0.221 e. The Morgan fingerprint density at radius 2 is 2.11 bits per heavy atom. The number of hydrogen-bond acceptors (Lipinski definition) is 4. The number of aromatic nitrogens is 1. The zero-order valence-corrected chi connectivity index (χ0v) is 11.3. The lowest BCUT2D eigenvalue weighted by Crippen LogP contribution is -2.04. The Kier molecular flexibility index (Phi) is 2.85. The van der Waals surface area contributed by atoms with Crippen LogP contribution < -0.4 is 5.32 Å². The largest absolute Gasteiger partial charge is 0.317 e. The Balaban J connectivity index is 2.08. The molecule has 3 rings (SSSR count). The first-order valence-electron chi connectivity index (χ1n) is 5.45. The third-order valence-electron chi connectivity index (χ3n) is 2.48. The molecule has 0 fully saturated rings. The van der Waals surface area contributed by atoms with Gasteiger partial charge in [-0.25, -0.2) is 4.98 Å². The van der Waals surface area contributed by atoms with Gasteiger partial charge in [-0.3, -0.25) is 4.79 Å². The average Bonchev–Trinajstić information content (AvgIpc) is 2.93. The van der Waals surface area contributed by atoms with Crippen LogP contribution in [0.4, 0.5) is 5.00 Å². The van der Waals surface area contributed by atoms with Crippen molar-refractivity contribution >= 4 is 43.8 Å². The van der Waals surface area contributed by atoms with Gasteiger partial charge in [0, 0.05) is 12.5 Å². The third kappa shape index (κ3) is 2.02. The number of anilines is 1. The van der Waals surface area contributed by atoms with Gasteiger partial charge in [-0.15, -0.1) is 22.7 Å². The molecule has 0 radical (unpaired) electrons. The average molecular weight is 274 g/mol. The number of carbonyl (C=O) groups is 1. The van der Waals surface area contributed by atoms with Gasteiger partial charge in [-0.05, 0) is 23.6 Å². The minimum Gasteiger partial charge on any atom is -0.317 e. The van der Waals surface area contributed by atoms with E-state index in [1.54, 1.807) is 11.3 Å². The van der Waals surface area contributed by atoms with E-state index in [-0.39, 0.29) is 5.91 Å². The predicted molar refractivity (Wildman–Crippen MR) is 77.2 cm³/mol. The van der Waals surface area contributed by atoms with Gasteiger partial charge in [0.1, 0.15) is 10.0 Å². The summed E-state index contributed by atoms with van der Waals surface area (Å²) in [6, 6.07) is 10.0. The molecule has 0 saturated heterocycles. The minimum absolute atomic E-state index is 0.0557. The number of nitrogens with one attached hydrogen (secondary N) is 1. The summed E-state index contributed by atoms with van der Waals surface area (Å²) in [4.78, 5) is 15.7. The van der Waals surface area contributed by atoms with Gasteiger partial charge in [0.25, 0.3) is 0 Å². The Bertz CT molecular complexity index is 681. The summed E-state index contributed by atoms with van der Waals surface area (Å²) in [6.07, 6.45) is 0. The summed E-state index contributed by atoms with van der Waals surface area (Å²) in [6.45, 7) is 1.52. The van der Waals surface area contributed by atoms with Gasteiger partial charge in [-0.1, -0.05) is 12.1 Å². The second-order valence-electron chi connectivity index (χ2n) is 3.83. The van der Waals surface area contributed by atoms with E-state index < -0.39 is 0 Å². The van der Waals surface area contributed by atoms with Crippen LogP contribution in [0.2, 0.25) is 0 Å². The van der Waals surface area contributed by atoms with E-state index in [4.69, 9.17) is 0 Å². The molecule has 3 nitrogen and oxygen atoms in total. The fraction of sp³-hybridized carbons (Fsp3) is 0.0769. The van der Waals surface area contributed by atoms with E-state index in [0.717, 1.165) is 25.8 Å². The van der Waals surface area contributed by atoms with Gasteiger partial charge < -0.3 is 5.32 Å². The first-order chi connectivity index (χ1) is 8.74. The van der Waals surface area contributed by atoms with E-state index >= 15 is 0 Å². The number of nitrogens with zero attached hydrogens (tertiary/aromatic N) is 1. The monoisotopic (exact) mass is 274 g/mol. The van der Waals surface area contributed by atoms with Gasteiger partial charge in [0.05, 0.1) is 10.2 Å². The summed E-state index contributed by atoms with van der Waals surface area (Å²) in [5, 5.41) is 6.62. The van der Waals surface area contributed by atoms with Crippen molar-refractivity contribution in [3.63, 3.8) is 0 Å². The number of hydrogen-bond donors (Lipinski definition) is 1. The number of para-hydroxylation sites is 1. The standard InChI is InChI=1S/C13H10N2OS2/c1-8(16)14-12-9(6-7-17-12)13-15-10-4-2-3-5-11(10)18-13/h2-7H,1H3,(H,14,16). The molecule has 0 saturated carbocycles. The number of benzene rings is 1. The van der Waals surface area contributed by atoms with Crippen molar-refractivity contribution < 1.29 is 4.79 Å². The second-order valence-corrected chi connectivity index (χ2v) is 5.78. The number of rotatable bonds is 2. The molecule has 0 aliphatic rings. The van der Waals surface area contributed by atoms with Crippen LogP contribution in [0, 0.1) is 0 Å². The number of thiophene rings is 1. The first-order valence-corrected chi connectivity index (χ1v) is 7.14. The number of amides is 1. The Morgan fingerprint density at radius 3 is 2.89 bits per heavy atom. The molecular formula is C13H10N2OS2. The molecule has 5 heteroatoms. The van der Waals surface area contributed by atoms with Gasteiger partial charge in [0.2, 0.25) is 5.91 Å². The maximum Gasteiger partial charge on any atom is 0.221 e. The van der Waals surface area contributed by atoms with Crippen molar-refractivity contribution in [1.82, 2.24) is 4.98 Å². The minimum atomic E-state index is -0.0557. The molecule has 1 N–H and O–H groups in total. The zero-order valence-electron chi connectivity index (χ0n) is 9.64. The van der Waals surface area contributed by atoms with Crippen molar-refractivity contribution in [2.45, 2.75) is 6.92 Å². The summed E-state index contributed by atoms with van der Waals surface area (Å²) < 4.78 is 1.16. The van der Waals surface area contributed by atoms with Crippen LogP contribution in [0.3, 0.4) is 0 Å². The fourth-order valence-corrected chi connectivity index (χ4v) is 3.62. The van der Waals surface area contributed by atoms with Crippen molar-refractivity contribution in [2.24, 2.45) is 0 Å². The van der Waals surface area contributed by atoms with Gasteiger partial charge in [0.15, 0.2) is 0 Å². The predicted octanol–water partition coefficient (Wildman–Crippen LogP) is 3.98. The van der Waals surface area contributed by atoms with Crippen molar-refractivity contribution in [3.8, 4) is 10.6 Å². The number of thiazole rings is 1. The highest BCUT2D eigenvalue weighted by Crippen LogP contribution is 2.37. The summed E-state index contributed by atoms with van der Waals surface area (Å²) in [5.41, 5.74) is 1.99. The lowest BCUT2D eigenvalue weighted by Gasteiger charge is -2.00. The lowest BCUT2D eigenvalue weighted by molar-refractivity contribution is -0.114. The Labute approximate surface area is 112 Å². The first kappa shape index (κ1) is 11.4. The summed E-state index contributed by atoms with van der Waals surface area (Å²) in [7, 11) is 0. The number of carbonyl (C=O) groups excluding carboxylic acids is 1. The molecule has 2 heterocycles. The van der Waals surface area contributed by atoms with Crippen LogP contribution in [0.25, 0.3) is 20.8 Å². The summed E-state index contributed by atoms with van der Waals surface area (Å²) in [5.74, 6) is -0.0557. The third-order valence-corrected chi connectivity index (χ3v) is 4.38. The Morgan fingerprint density at radius 1 is 1.28 bits per heavy atom. The van der Waals surface area contributed by atoms with E-state index in [1.807, 2.05) is 29.6 Å². The molecular weight excluding hydrogens is 264 g/mol. The van der Waals surface area contributed by atoms with E-state index in [9.17, 15) is 4.79 Å². The molecule has 1 aromatic carbocycles. The second kappa shape index (κ2) is 4.51. The molecule has 0 bridgehead atoms. The topological polar surface area (TPSA) is 42.0 Å². The fourth-order valence-electron chi connectivity index (χ4n) is 1.72. The van der Waals surface area contributed by atoms with Crippen LogP contribution in [0.1, 0.15) is 6.92 Å². The van der Waals surface area contributed by atoms with Crippen molar-refractivity contribution in [2.75, 3.05) is 5.32 Å². The SMILES string of the molecule is CC(=O)Nc1sccc1-c1nc2ccccc2s1. The maximum atomic E-state index is 11.1. The van der Waals surface area contributed by atoms with Crippen LogP contribution in [0.5, 0.6) is 0 Å². The zero-order chi connectivity index (χ0) is 12.5. The maximum absolute atomic E-state index is 11.1. The normalized spacial score (nSPS) is 10.7. The number of fused-ring (bicyclic) bond motifs is 1. The molecule has 0 spiro atoms. The highest BCUT2D eigenvalue weighted by Gasteiger charge is 2.12. The van der Waals surface area contributed by atoms with Crippen LogP contribution in [-0.2, 0) is 4.79 Å². The molecule has 1 amide bonds. The summed E-state index contributed by atoms with van der Waals surface area (Å²) >= 11 is 3.16. The van der Waals surface area contributed by atoms with Crippen molar-refractivity contribution in [1.29, 1.82) is 0 Å². The van der Waals surface area contributed by atoms with Crippen LogP contribution in [-0.4, -0.2) is 10.9 Å². The van der Waals surface area contributed by atoms with E-state index in [2.05, 4.69) is 16.4 Å². The molecule has 0 aliphatic heterocycles. The van der Waals surface area contributed by atoms with E-state index in [0.29, 0.717) is 0 Å². The quantitative estimate of drug-likeness (QED) is 0.768. The highest BCUT2D eigenvalue weighted by molar-refractivity contribution is 7.22. The van der Waals surface area contributed by atoms with Gasteiger partial charge in [-0.2, -0.15) is 0 Å². The molecule has 0 unspecified atom stereocenters. The molecule has 3 aromatic rings. The van der Waals surface area contributed by atoms with E-state index in [1.165, 1.54) is 18.3 Å². The molecule has 18 heavy (non-hydrogen) atoms. The molecule has 2 aromatic heterocycles. The van der Waals surface area contributed by atoms with Crippen molar-refractivity contribution in [3.05, 3.63) is 35.7 Å². The molecule has 90 valence electrons. The lowest BCUT2D eigenvalue weighted by atomic mass is 10.3. The molecule has 0 aliphatic carbocycles.